The second-order valence-corrected chi connectivity index (χ2v) is 6.46. The lowest BCUT2D eigenvalue weighted by molar-refractivity contribution is 0.255. The van der Waals surface area contributed by atoms with Crippen molar-refractivity contribution in [2.24, 2.45) is 0 Å². The van der Waals surface area contributed by atoms with Crippen molar-refractivity contribution in [3.63, 3.8) is 0 Å². The number of rotatable bonds is 12. The number of aryl methyl sites for hydroxylation is 1. The fraction of sp³-hybridized carbons (Fsp3) is 0.700. The van der Waals surface area contributed by atoms with E-state index in [-0.39, 0.29) is 0 Å². The first-order chi connectivity index (χ1) is 10.7. The third-order valence-corrected chi connectivity index (χ3v) is 4.23. The van der Waals surface area contributed by atoms with Gasteiger partial charge >= 0.3 is 0 Å². The molecule has 2 heteroatoms. The lowest BCUT2D eigenvalue weighted by atomic mass is 10.1. The van der Waals surface area contributed by atoms with Gasteiger partial charge in [-0.05, 0) is 76.5 Å². The van der Waals surface area contributed by atoms with Crippen molar-refractivity contribution in [1.82, 2.24) is 9.80 Å². The smallest absolute Gasteiger partial charge is 0.0230 e. The van der Waals surface area contributed by atoms with Gasteiger partial charge in [0.1, 0.15) is 0 Å². The van der Waals surface area contributed by atoms with E-state index in [4.69, 9.17) is 0 Å². The highest BCUT2D eigenvalue weighted by Gasteiger charge is 2.04. The van der Waals surface area contributed by atoms with Gasteiger partial charge in [-0.3, -0.25) is 0 Å². The first kappa shape index (κ1) is 19.2. The molecule has 0 bridgehead atoms. The van der Waals surface area contributed by atoms with Gasteiger partial charge in [-0.1, -0.05) is 45.0 Å². The zero-order chi connectivity index (χ0) is 16.2. The van der Waals surface area contributed by atoms with E-state index in [1.165, 1.54) is 63.0 Å². The van der Waals surface area contributed by atoms with Gasteiger partial charge in [-0.2, -0.15) is 0 Å². The quantitative estimate of drug-likeness (QED) is 0.521. The molecule has 0 unspecified atom stereocenters. The Morgan fingerprint density at radius 1 is 0.727 bits per heavy atom. The Hall–Kier alpha value is -0.860. The van der Waals surface area contributed by atoms with Crippen LogP contribution in [-0.4, -0.2) is 43.0 Å². The standard InChI is InChI=1S/C20H36N2/c1-5-14-22(15-6-2)17-9-8-16-21(4)18-20-12-10-19(7-3)11-13-20/h10-13H,5-9,14-18H2,1-4H3. The fourth-order valence-corrected chi connectivity index (χ4v) is 2.96. The topological polar surface area (TPSA) is 6.48 Å². The summed E-state index contributed by atoms with van der Waals surface area (Å²) < 4.78 is 0. The number of unbranched alkanes of at least 4 members (excludes halogenated alkanes) is 1. The molecule has 0 aromatic heterocycles. The van der Waals surface area contributed by atoms with Crippen LogP contribution in [-0.2, 0) is 13.0 Å². The normalized spacial score (nSPS) is 11.5. The predicted octanol–water partition coefficient (Wildman–Crippen LogP) is 4.58. The SMILES string of the molecule is CCCN(CCC)CCCCN(C)Cc1ccc(CC)cc1. The summed E-state index contributed by atoms with van der Waals surface area (Å²) in [5, 5.41) is 0. The number of benzene rings is 1. The summed E-state index contributed by atoms with van der Waals surface area (Å²) >= 11 is 0. The summed E-state index contributed by atoms with van der Waals surface area (Å²) in [4.78, 5) is 5.06. The van der Waals surface area contributed by atoms with Gasteiger partial charge in [-0.15, -0.1) is 0 Å². The van der Waals surface area contributed by atoms with Gasteiger partial charge in [0.2, 0.25) is 0 Å². The molecule has 0 radical (unpaired) electrons. The van der Waals surface area contributed by atoms with Gasteiger partial charge < -0.3 is 9.80 Å². The molecule has 1 aromatic rings. The van der Waals surface area contributed by atoms with Crippen LogP contribution in [0.3, 0.4) is 0 Å². The molecule has 126 valence electrons. The van der Waals surface area contributed by atoms with Crippen LogP contribution in [0.15, 0.2) is 24.3 Å². The Bertz CT molecular complexity index is 366. The van der Waals surface area contributed by atoms with Gasteiger partial charge in [0, 0.05) is 6.54 Å². The molecule has 0 aliphatic rings. The minimum absolute atomic E-state index is 1.07. The maximum atomic E-state index is 2.61. The molecule has 22 heavy (non-hydrogen) atoms. The molecule has 0 aliphatic heterocycles. The second kappa shape index (κ2) is 11.7. The van der Waals surface area contributed by atoms with Gasteiger partial charge in [0.25, 0.3) is 0 Å². The molecule has 0 aliphatic carbocycles. The van der Waals surface area contributed by atoms with Crippen LogP contribution in [0.25, 0.3) is 0 Å². The predicted molar refractivity (Wildman–Crippen MR) is 98.4 cm³/mol. The summed E-state index contributed by atoms with van der Waals surface area (Å²) in [5.41, 5.74) is 2.86. The first-order valence-electron chi connectivity index (χ1n) is 9.18. The fourth-order valence-electron chi connectivity index (χ4n) is 2.96. The van der Waals surface area contributed by atoms with Crippen molar-refractivity contribution in [2.45, 2.75) is 59.4 Å². The van der Waals surface area contributed by atoms with E-state index in [1.807, 2.05) is 0 Å². The lowest BCUT2D eigenvalue weighted by Crippen LogP contribution is -2.27. The summed E-state index contributed by atoms with van der Waals surface area (Å²) in [6, 6.07) is 9.08. The maximum Gasteiger partial charge on any atom is 0.0230 e. The van der Waals surface area contributed by atoms with E-state index in [0.29, 0.717) is 0 Å². The van der Waals surface area contributed by atoms with Gasteiger partial charge in [0.05, 0.1) is 0 Å². The highest BCUT2D eigenvalue weighted by atomic mass is 15.1. The molecule has 0 fully saturated rings. The molecule has 0 saturated heterocycles. The molecule has 0 saturated carbocycles. The summed E-state index contributed by atoms with van der Waals surface area (Å²) in [6.45, 7) is 12.8. The van der Waals surface area contributed by atoms with Crippen LogP contribution < -0.4 is 0 Å². The molecule has 0 heterocycles. The molecule has 0 amide bonds. The van der Waals surface area contributed by atoms with Crippen LogP contribution in [0.2, 0.25) is 0 Å². The zero-order valence-corrected chi connectivity index (χ0v) is 15.3. The van der Waals surface area contributed by atoms with Crippen LogP contribution in [0.1, 0.15) is 57.6 Å². The molecule has 2 nitrogen and oxygen atoms in total. The molecule has 1 aromatic carbocycles. The molecule has 1 rings (SSSR count). The molecular weight excluding hydrogens is 268 g/mol. The van der Waals surface area contributed by atoms with Crippen LogP contribution in [0.5, 0.6) is 0 Å². The summed E-state index contributed by atoms with van der Waals surface area (Å²) in [5.74, 6) is 0. The number of nitrogens with zero attached hydrogens (tertiary/aromatic N) is 2. The molecule has 0 N–H and O–H groups in total. The van der Waals surface area contributed by atoms with Crippen LogP contribution >= 0.6 is 0 Å². The van der Waals surface area contributed by atoms with Gasteiger partial charge in [0.15, 0.2) is 0 Å². The summed E-state index contributed by atoms with van der Waals surface area (Å²) in [6.07, 6.45) is 6.29. The average molecular weight is 305 g/mol. The van der Waals surface area contributed by atoms with E-state index in [9.17, 15) is 0 Å². The monoisotopic (exact) mass is 304 g/mol. The Balaban J connectivity index is 2.20. The van der Waals surface area contributed by atoms with E-state index in [1.54, 1.807) is 0 Å². The van der Waals surface area contributed by atoms with Crippen molar-refractivity contribution < 1.29 is 0 Å². The highest BCUT2D eigenvalue weighted by Crippen LogP contribution is 2.08. The highest BCUT2D eigenvalue weighted by molar-refractivity contribution is 5.22. The zero-order valence-electron chi connectivity index (χ0n) is 15.3. The Morgan fingerprint density at radius 3 is 1.82 bits per heavy atom. The average Bonchev–Trinajstić information content (AvgIpc) is 2.52. The van der Waals surface area contributed by atoms with Crippen molar-refractivity contribution in [3.05, 3.63) is 35.4 Å². The van der Waals surface area contributed by atoms with Crippen molar-refractivity contribution in [1.29, 1.82) is 0 Å². The van der Waals surface area contributed by atoms with Crippen LogP contribution in [0.4, 0.5) is 0 Å². The van der Waals surface area contributed by atoms with E-state index >= 15 is 0 Å². The van der Waals surface area contributed by atoms with Crippen molar-refractivity contribution in [2.75, 3.05) is 33.2 Å². The Kier molecular flexibility index (Phi) is 10.2. The Labute approximate surface area is 138 Å². The molecule has 0 spiro atoms. The maximum absolute atomic E-state index is 2.61. The van der Waals surface area contributed by atoms with E-state index in [0.717, 1.165) is 13.0 Å². The third kappa shape index (κ3) is 7.95. The Morgan fingerprint density at radius 2 is 1.27 bits per heavy atom. The minimum atomic E-state index is 1.07. The van der Waals surface area contributed by atoms with Crippen LogP contribution in [0, 0.1) is 0 Å². The molecule has 0 atom stereocenters. The number of hydrogen-bond donors (Lipinski definition) is 0. The minimum Gasteiger partial charge on any atom is -0.303 e. The largest absolute Gasteiger partial charge is 0.303 e. The van der Waals surface area contributed by atoms with Gasteiger partial charge in [-0.25, -0.2) is 0 Å². The molecular formula is C20H36N2. The number of hydrogen-bond acceptors (Lipinski definition) is 2. The summed E-state index contributed by atoms with van der Waals surface area (Å²) in [7, 11) is 2.24. The second-order valence-electron chi connectivity index (χ2n) is 6.46. The first-order valence-corrected chi connectivity index (χ1v) is 9.18. The van der Waals surface area contributed by atoms with Crippen molar-refractivity contribution >= 4 is 0 Å². The van der Waals surface area contributed by atoms with E-state index in [2.05, 4.69) is 61.9 Å². The van der Waals surface area contributed by atoms with Crippen molar-refractivity contribution in [3.8, 4) is 0 Å². The lowest BCUT2D eigenvalue weighted by Gasteiger charge is -2.22. The van der Waals surface area contributed by atoms with E-state index < -0.39 is 0 Å². The third-order valence-electron chi connectivity index (χ3n) is 4.23.